The second kappa shape index (κ2) is 8.54. The van der Waals surface area contributed by atoms with Crippen LogP contribution in [0.2, 0.25) is 5.02 Å². The van der Waals surface area contributed by atoms with Crippen LogP contribution in [0.5, 0.6) is 0 Å². The molecule has 2 aromatic rings. The van der Waals surface area contributed by atoms with E-state index < -0.39 is 28.3 Å². The molecule has 0 bridgehead atoms. The van der Waals surface area contributed by atoms with Crippen LogP contribution in [0.15, 0.2) is 42.5 Å². The van der Waals surface area contributed by atoms with E-state index in [1.807, 2.05) is 4.90 Å². The van der Waals surface area contributed by atoms with Crippen molar-refractivity contribution in [3.63, 3.8) is 0 Å². The number of amides is 1. The van der Waals surface area contributed by atoms with Gasteiger partial charge in [-0.05, 0) is 30.3 Å². The highest BCUT2D eigenvalue weighted by Crippen LogP contribution is 2.25. The molecular formula is C19H20ClF2N3O3S. The first-order valence-electron chi connectivity index (χ1n) is 8.87. The molecule has 1 aliphatic heterocycles. The second-order valence-corrected chi connectivity index (χ2v) is 9.00. The molecule has 1 amide bonds. The highest BCUT2D eigenvalue weighted by molar-refractivity contribution is 7.92. The van der Waals surface area contributed by atoms with Gasteiger partial charge in [-0.15, -0.1) is 0 Å². The van der Waals surface area contributed by atoms with Gasteiger partial charge >= 0.3 is 0 Å². The van der Waals surface area contributed by atoms with Crippen molar-refractivity contribution in [2.45, 2.75) is 0 Å². The zero-order valence-corrected chi connectivity index (χ0v) is 17.3. The zero-order valence-electron chi connectivity index (χ0n) is 15.7. The molecule has 2 aromatic carbocycles. The lowest BCUT2D eigenvalue weighted by molar-refractivity contribution is -0.129. The van der Waals surface area contributed by atoms with Gasteiger partial charge in [0.2, 0.25) is 15.9 Å². The van der Waals surface area contributed by atoms with Crippen LogP contribution >= 0.6 is 11.6 Å². The van der Waals surface area contributed by atoms with Crippen LogP contribution in [-0.2, 0) is 14.8 Å². The summed E-state index contributed by atoms with van der Waals surface area (Å²) in [4.78, 5) is 16.1. The Labute approximate surface area is 173 Å². The van der Waals surface area contributed by atoms with Crippen LogP contribution in [0.1, 0.15) is 0 Å². The van der Waals surface area contributed by atoms with Crippen LogP contribution in [0.3, 0.4) is 0 Å². The molecule has 1 fully saturated rings. The van der Waals surface area contributed by atoms with Crippen molar-refractivity contribution in [1.82, 2.24) is 4.90 Å². The van der Waals surface area contributed by atoms with E-state index >= 15 is 0 Å². The van der Waals surface area contributed by atoms with Crippen LogP contribution < -0.4 is 9.21 Å². The fraction of sp³-hybridized carbons (Fsp3) is 0.316. The summed E-state index contributed by atoms with van der Waals surface area (Å²) in [7, 11) is -3.80. The lowest BCUT2D eigenvalue weighted by Gasteiger charge is -2.37. The van der Waals surface area contributed by atoms with E-state index in [1.165, 1.54) is 23.1 Å². The molecule has 0 saturated carbocycles. The van der Waals surface area contributed by atoms with Crippen LogP contribution in [0.4, 0.5) is 20.2 Å². The zero-order chi connectivity index (χ0) is 21.2. The number of hydrogen-bond donors (Lipinski definition) is 0. The lowest BCUT2D eigenvalue weighted by atomic mass is 10.2. The first kappa shape index (κ1) is 21.3. The van der Waals surface area contributed by atoms with Crippen LogP contribution in [-0.4, -0.2) is 58.2 Å². The molecule has 6 nitrogen and oxygen atoms in total. The molecule has 0 N–H and O–H groups in total. The number of carbonyl (C=O) groups is 1. The Bertz CT molecular complexity index is 1010. The van der Waals surface area contributed by atoms with E-state index in [0.29, 0.717) is 31.9 Å². The Balaban J connectivity index is 1.69. The smallest absolute Gasteiger partial charge is 0.243 e. The Hall–Kier alpha value is -2.39. The molecule has 0 unspecified atom stereocenters. The number of hydrogen-bond acceptors (Lipinski definition) is 4. The summed E-state index contributed by atoms with van der Waals surface area (Å²) in [5.74, 6) is -1.41. The fourth-order valence-corrected chi connectivity index (χ4v) is 4.18. The van der Waals surface area contributed by atoms with Gasteiger partial charge in [0.25, 0.3) is 0 Å². The first-order chi connectivity index (χ1) is 13.7. The molecule has 156 valence electrons. The minimum atomic E-state index is -3.80. The number of anilines is 2. The molecule has 1 saturated heterocycles. The summed E-state index contributed by atoms with van der Waals surface area (Å²) in [6, 6.07) is 9.88. The highest BCUT2D eigenvalue weighted by Gasteiger charge is 2.27. The second-order valence-electron chi connectivity index (χ2n) is 6.69. The van der Waals surface area contributed by atoms with Crippen molar-refractivity contribution in [3.8, 4) is 0 Å². The minimum absolute atomic E-state index is 0.109. The number of carbonyl (C=O) groups excluding carboxylic acids is 1. The average molecular weight is 444 g/mol. The van der Waals surface area contributed by atoms with Crippen LogP contribution in [0.25, 0.3) is 0 Å². The average Bonchev–Trinajstić information content (AvgIpc) is 2.68. The van der Waals surface area contributed by atoms with Crippen molar-refractivity contribution in [3.05, 3.63) is 59.1 Å². The normalized spacial score (nSPS) is 14.8. The van der Waals surface area contributed by atoms with Crippen molar-refractivity contribution in [1.29, 1.82) is 0 Å². The molecule has 3 rings (SSSR count). The third-order valence-electron chi connectivity index (χ3n) is 4.70. The summed E-state index contributed by atoms with van der Waals surface area (Å²) in [5.41, 5.74) is 0.579. The topological polar surface area (TPSA) is 60.9 Å². The Morgan fingerprint density at radius 1 is 1.07 bits per heavy atom. The first-order valence-corrected chi connectivity index (χ1v) is 11.1. The molecule has 1 heterocycles. The van der Waals surface area contributed by atoms with Gasteiger partial charge in [0.1, 0.15) is 18.2 Å². The largest absolute Gasteiger partial charge is 0.366 e. The quantitative estimate of drug-likeness (QED) is 0.713. The van der Waals surface area contributed by atoms with E-state index in [-0.39, 0.29) is 16.5 Å². The number of para-hydroxylation sites is 1. The number of rotatable bonds is 5. The molecule has 29 heavy (non-hydrogen) atoms. The SMILES string of the molecule is CS(=O)(=O)N(CC(=O)N1CCN(c2ccccc2F)CC1)c1ccc(F)c(Cl)c1. The summed E-state index contributed by atoms with van der Waals surface area (Å²) in [6.45, 7) is 1.08. The van der Waals surface area contributed by atoms with Gasteiger partial charge in [0.05, 0.1) is 22.7 Å². The van der Waals surface area contributed by atoms with Gasteiger partial charge in [0, 0.05) is 26.2 Å². The summed E-state index contributed by atoms with van der Waals surface area (Å²) >= 11 is 5.75. The number of halogens is 3. The number of benzene rings is 2. The predicted octanol–water partition coefficient (Wildman–Crippen LogP) is 2.73. The number of sulfonamides is 1. The van der Waals surface area contributed by atoms with E-state index in [2.05, 4.69) is 0 Å². The van der Waals surface area contributed by atoms with Crippen molar-refractivity contribution in [2.24, 2.45) is 0 Å². The standard InChI is InChI=1S/C19H20ClF2N3O3S/c1-29(27,28)25(14-6-7-16(21)15(20)12-14)13-19(26)24-10-8-23(9-11-24)18-5-3-2-4-17(18)22/h2-7,12H,8-11,13H2,1H3. The molecule has 0 atom stereocenters. The molecule has 0 aromatic heterocycles. The third-order valence-corrected chi connectivity index (χ3v) is 6.13. The van der Waals surface area contributed by atoms with Crippen molar-refractivity contribution in [2.75, 3.05) is 48.2 Å². The maximum absolute atomic E-state index is 13.9. The van der Waals surface area contributed by atoms with Crippen LogP contribution in [0, 0.1) is 11.6 Å². The van der Waals surface area contributed by atoms with E-state index in [1.54, 1.807) is 18.2 Å². The van der Waals surface area contributed by atoms with Gasteiger partial charge in [-0.2, -0.15) is 0 Å². The molecule has 1 aliphatic rings. The lowest BCUT2D eigenvalue weighted by Crippen LogP contribution is -2.52. The Morgan fingerprint density at radius 2 is 1.72 bits per heavy atom. The molecule has 0 aliphatic carbocycles. The molecule has 0 radical (unpaired) electrons. The summed E-state index contributed by atoms with van der Waals surface area (Å²) in [5, 5.41) is -0.234. The molecular weight excluding hydrogens is 424 g/mol. The Kier molecular flexibility index (Phi) is 6.28. The third kappa shape index (κ3) is 4.97. The van der Waals surface area contributed by atoms with Gasteiger partial charge < -0.3 is 9.80 Å². The van der Waals surface area contributed by atoms with Gasteiger partial charge in [-0.1, -0.05) is 23.7 Å². The maximum atomic E-state index is 13.9. The van der Waals surface area contributed by atoms with Crippen molar-refractivity contribution >= 4 is 38.9 Å². The number of nitrogens with zero attached hydrogens (tertiary/aromatic N) is 3. The fourth-order valence-electron chi connectivity index (χ4n) is 3.17. The Morgan fingerprint density at radius 3 is 2.31 bits per heavy atom. The summed E-state index contributed by atoms with van der Waals surface area (Å²) in [6.07, 6.45) is 0.966. The highest BCUT2D eigenvalue weighted by atomic mass is 35.5. The van der Waals surface area contributed by atoms with Crippen molar-refractivity contribution < 1.29 is 22.0 Å². The predicted molar refractivity (Wildman–Crippen MR) is 109 cm³/mol. The minimum Gasteiger partial charge on any atom is -0.366 e. The molecule has 0 spiro atoms. The number of piperazine rings is 1. The van der Waals surface area contributed by atoms with E-state index in [9.17, 15) is 22.0 Å². The monoisotopic (exact) mass is 443 g/mol. The van der Waals surface area contributed by atoms with E-state index in [0.717, 1.165) is 16.6 Å². The summed E-state index contributed by atoms with van der Waals surface area (Å²) < 4.78 is 52.6. The molecule has 10 heteroatoms. The van der Waals surface area contributed by atoms with Gasteiger partial charge in [-0.25, -0.2) is 17.2 Å². The maximum Gasteiger partial charge on any atom is 0.243 e. The van der Waals surface area contributed by atoms with Gasteiger partial charge in [-0.3, -0.25) is 9.10 Å². The van der Waals surface area contributed by atoms with E-state index in [4.69, 9.17) is 11.6 Å². The van der Waals surface area contributed by atoms with Gasteiger partial charge in [0.15, 0.2) is 0 Å².